The molecule has 4 heterocycles. The number of likely N-dealkylation sites (tertiary alicyclic amines) is 1. The van der Waals surface area contributed by atoms with Crippen molar-refractivity contribution in [3.63, 3.8) is 0 Å². The second kappa shape index (κ2) is 6.55. The monoisotopic (exact) mass is 381 g/mol. The number of hydrogen-bond acceptors (Lipinski definition) is 7. The number of amides is 1. The minimum absolute atomic E-state index is 0.0399. The minimum Gasteiger partial charge on any atom is -0.454 e. The summed E-state index contributed by atoms with van der Waals surface area (Å²) in [5.41, 5.74) is 0.891. The summed E-state index contributed by atoms with van der Waals surface area (Å²) in [7, 11) is 0. The third-order valence-corrected chi connectivity index (χ3v) is 5.41. The van der Waals surface area contributed by atoms with E-state index in [1.54, 1.807) is 28.4 Å². The van der Waals surface area contributed by atoms with Crippen molar-refractivity contribution in [3.05, 3.63) is 53.2 Å². The van der Waals surface area contributed by atoms with Crippen molar-refractivity contribution in [1.29, 1.82) is 0 Å². The van der Waals surface area contributed by atoms with Crippen LogP contribution in [-0.2, 0) is 4.79 Å². The van der Waals surface area contributed by atoms with Crippen molar-refractivity contribution >= 4 is 23.3 Å². The molecule has 136 valence electrons. The number of ether oxygens (including phenoxy) is 2. The molecule has 3 aromatic rings. The van der Waals surface area contributed by atoms with E-state index in [4.69, 9.17) is 14.0 Å². The van der Waals surface area contributed by atoms with Gasteiger partial charge in [0.1, 0.15) is 0 Å². The maximum atomic E-state index is 12.3. The number of carbonyl (C=O) groups is 1. The van der Waals surface area contributed by atoms with E-state index < -0.39 is 0 Å². The third-order valence-electron chi connectivity index (χ3n) is 4.54. The molecule has 1 amide bonds. The molecule has 27 heavy (non-hydrogen) atoms. The number of hydrogen-bond donors (Lipinski definition) is 0. The maximum Gasteiger partial charge on any atom is 0.246 e. The summed E-state index contributed by atoms with van der Waals surface area (Å²) in [6.07, 6.45) is 3.35. The minimum atomic E-state index is -0.0399. The molecule has 0 unspecified atom stereocenters. The third kappa shape index (κ3) is 3.08. The molecule has 0 saturated carbocycles. The lowest BCUT2D eigenvalue weighted by Gasteiger charge is -2.36. The van der Waals surface area contributed by atoms with E-state index in [0.29, 0.717) is 30.6 Å². The Morgan fingerprint density at radius 3 is 2.96 bits per heavy atom. The van der Waals surface area contributed by atoms with Crippen LogP contribution in [0.4, 0.5) is 0 Å². The van der Waals surface area contributed by atoms with Crippen LogP contribution < -0.4 is 9.47 Å². The van der Waals surface area contributed by atoms with E-state index in [1.165, 1.54) is 0 Å². The second-order valence-electron chi connectivity index (χ2n) is 6.32. The zero-order valence-electron chi connectivity index (χ0n) is 14.2. The van der Waals surface area contributed by atoms with Crippen LogP contribution >= 0.6 is 11.3 Å². The van der Waals surface area contributed by atoms with Crippen molar-refractivity contribution in [3.8, 4) is 22.2 Å². The molecule has 7 nitrogen and oxygen atoms in total. The Morgan fingerprint density at radius 2 is 2.11 bits per heavy atom. The number of carbonyl (C=O) groups excluding carboxylic acids is 1. The van der Waals surface area contributed by atoms with Crippen molar-refractivity contribution in [2.24, 2.45) is 0 Å². The van der Waals surface area contributed by atoms with Crippen LogP contribution in [0.15, 0.2) is 46.3 Å². The molecular weight excluding hydrogens is 366 g/mol. The van der Waals surface area contributed by atoms with Gasteiger partial charge < -0.3 is 18.9 Å². The average molecular weight is 381 g/mol. The van der Waals surface area contributed by atoms with E-state index in [9.17, 15) is 4.79 Å². The van der Waals surface area contributed by atoms with Gasteiger partial charge in [-0.15, -0.1) is 11.3 Å². The molecule has 0 bridgehead atoms. The fraction of sp³-hybridized carbons (Fsp3) is 0.211. The van der Waals surface area contributed by atoms with Crippen LogP contribution in [0, 0.1) is 0 Å². The predicted octanol–water partition coefficient (Wildman–Crippen LogP) is 3.17. The molecule has 0 aliphatic carbocycles. The SMILES string of the molecule is O=C(/C=C/c1ccc2c(c1)OCO2)N1CC(c2nc(-c3cccs3)no2)C1. The highest BCUT2D eigenvalue weighted by Crippen LogP contribution is 2.33. The smallest absolute Gasteiger partial charge is 0.246 e. The molecule has 1 fully saturated rings. The topological polar surface area (TPSA) is 77.7 Å². The molecule has 2 aromatic heterocycles. The summed E-state index contributed by atoms with van der Waals surface area (Å²) in [5, 5.41) is 5.99. The Balaban J connectivity index is 1.19. The van der Waals surface area contributed by atoms with Crippen LogP contribution in [0.1, 0.15) is 17.4 Å². The first-order valence-corrected chi connectivity index (χ1v) is 9.38. The van der Waals surface area contributed by atoms with Crippen LogP contribution in [0.25, 0.3) is 16.8 Å². The first kappa shape index (κ1) is 16.1. The molecule has 1 aromatic carbocycles. The highest BCUT2D eigenvalue weighted by Gasteiger charge is 2.34. The van der Waals surface area contributed by atoms with Gasteiger partial charge in [-0.05, 0) is 35.2 Å². The number of thiophene rings is 1. The molecule has 5 rings (SSSR count). The average Bonchev–Trinajstić information content (AvgIpc) is 3.38. The van der Waals surface area contributed by atoms with Gasteiger partial charge in [0.05, 0.1) is 10.8 Å². The summed E-state index contributed by atoms with van der Waals surface area (Å²) in [6.45, 7) is 1.40. The fourth-order valence-electron chi connectivity index (χ4n) is 3.01. The van der Waals surface area contributed by atoms with Gasteiger partial charge >= 0.3 is 0 Å². The van der Waals surface area contributed by atoms with Gasteiger partial charge in [-0.2, -0.15) is 4.98 Å². The van der Waals surface area contributed by atoms with Gasteiger partial charge in [0, 0.05) is 19.2 Å². The number of rotatable bonds is 4. The van der Waals surface area contributed by atoms with Crippen molar-refractivity contribution in [2.75, 3.05) is 19.9 Å². The Morgan fingerprint density at radius 1 is 1.22 bits per heavy atom. The van der Waals surface area contributed by atoms with Crippen molar-refractivity contribution in [2.45, 2.75) is 5.92 Å². The number of fused-ring (bicyclic) bond motifs is 1. The fourth-order valence-corrected chi connectivity index (χ4v) is 3.66. The first-order chi connectivity index (χ1) is 13.3. The first-order valence-electron chi connectivity index (χ1n) is 8.50. The number of nitrogens with zero attached hydrogens (tertiary/aromatic N) is 3. The molecule has 2 aliphatic rings. The van der Waals surface area contributed by atoms with Crippen molar-refractivity contribution in [1.82, 2.24) is 15.0 Å². The Bertz CT molecular complexity index is 1010. The summed E-state index contributed by atoms with van der Waals surface area (Å²) in [6, 6.07) is 9.49. The molecular formula is C19H15N3O4S. The summed E-state index contributed by atoms with van der Waals surface area (Å²) in [5.74, 6) is 2.67. The van der Waals surface area contributed by atoms with Gasteiger partial charge in [0.2, 0.25) is 24.4 Å². The largest absolute Gasteiger partial charge is 0.454 e. The highest BCUT2D eigenvalue weighted by atomic mass is 32.1. The highest BCUT2D eigenvalue weighted by molar-refractivity contribution is 7.13. The summed E-state index contributed by atoms with van der Waals surface area (Å²) < 4.78 is 16.0. The zero-order valence-corrected chi connectivity index (χ0v) is 15.0. The molecule has 0 radical (unpaired) electrons. The molecule has 1 saturated heterocycles. The Hall–Kier alpha value is -3.13. The molecule has 0 spiro atoms. The Kier molecular flexibility index (Phi) is 3.90. The normalized spacial score (nSPS) is 16.1. The lowest BCUT2D eigenvalue weighted by atomic mass is 10.00. The van der Waals surface area contributed by atoms with E-state index in [-0.39, 0.29) is 18.6 Å². The number of aromatic nitrogens is 2. The second-order valence-corrected chi connectivity index (χ2v) is 7.27. The van der Waals surface area contributed by atoms with Crippen LogP contribution in [0.3, 0.4) is 0 Å². The molecule has 0 N–H and O–H groups in total. The van der Waals surface area contributed by atoms with Crippen molar-refractivity contribution < 1.29 is 18.8 Å². The van der Waals surface area contributed by atoms with Crippen LogP contribution in [-0.4, -0.2) is 40.8 Å². The van der Waals surface area contributed by atoms with E-state index in [0.717, 1.165) is 16.2 Å². The lowest BCUT2D eigenvalue weighted by molar-refractivity contribution is -0.130. The molecule has 8 heteroatoms. The molecule has 2 aliphatic heterocycles. The van der Waals surface area contributed by atoms with Gasteiger partial charge in [0.15, 0.2) is 11.5 Å². The van der Waals surface area contributed by atoms with E-state index in [1.807, 2.05) is 35.7 Å². The van der Waals surface area contributed by atoms with Gasteiger partial charge in [0.25, 0.3) is 0 Å². The standard InChI is InChI=1S/C19H15N3O4S/c23-17(6-4-12-3-5-14-15(8-12)25-11-24-14)22-9-13(10-22)19-20-18(21-26-19)16-2-1-7-27-16/h1-8,13H,9-11H2/b6-4+. The van der Waals surface area contributed by atoms with Gasteiger partial charge in [-0.1, -0.05) is 17.3 Å². The zero-order chi connectivity index (χ0) is 18.2. The lowest BCUT2D eigenvalue weighted by Crippen LogP contribution is -2.47. The van der Waals surface area contributed by atoms with Crippen LogP contribution in [0.2, 0.25) is 0 Å². The maximum absolute atomic E-state index is 12.3. The quantitative estimate of drug-likeness (QED) is 0.646. The summed E-state index contributed by atoms with van der Waals surface area (Å²) >= 11 is 1.57. The van der Waals surface area contributed by atoms with Gasteiger partial charge in [-0.25, -0.2) is 0 Å². The molecule has 0 atom stereocenters. The summed E-state index contributed by atoms with van der Waals surface area (Å²) in [4.78, 5) is 19.5. The van der Waals surface area contributed by atoms with E-state index in [2.05, 4.69) is 10.1 Å². The Labute approximate surface area is 158 Å². The van der Waals surface area contributed by atoms with Gasteiger partial charge in [-0.3, -0.25) is 4.79 Å². The number of benzene rings is 1. The van der Waals surface area contributed by atoms with E-state index >= 15 is 0 Å². The van der Waals surface area contributed by atoms with Crippen LogP contribution in [0.5, 0.6) is 11.5 Å². The predicted molar refractivity (Wildman–Crippen MR) is 98.5 cm³/mol.